The first-order valence-corrected chi connectivity index (χ1v) is 9.32. The van der Waals surface area contributed by atoms with Gasteiger partial charge in [0, 0.05) is 5.56 Å². The first-order valence-electron chi connectivity index (χ1n) is 9.32. The molecular weight excluding hydrogens is 372 g/mol. The van der Waals surface area contributed by atoms with E-state index in [0.29, 0.717) is 28.4 Å². The number of methoxy groups -OCH3 is 3. The van der Waals surface area contributed by atoms with E-state index in [1.807, 2.05) is 32.9 Å². The van der Waals surface area contributed by atoms with Crippen LogP contribution < -0.4 is 14.2 Å². The third-order valence-electron chi connectivity index (χ3n) is 4.86. The molecule has 6 heteroatoms. The summed E-state index contributed by atoms with van der Waals surface area (Å²) in [5.74, 6) is 0.611. The third kappa shape index (κ3) is 5.08. The van der Waals surface area contributed by atoms with Gasteiger partial charge in [-0.25, -0.2) is 0 Å². The number of hydrogen-bond acceptors (Lipinski definition) is 6. The number of hydrogen-bond donors (Lipinski definition) is 0. The van der Waals surface area contributed by atoms with Crippen molar-refractivity contribution in [2.75, 3.05) is 21.3 Å². The van der Waals surface area contributed by atoms with Gasteiger partial charge in [-0.05, 0) is 68.1 Å². The summed E-state index contributed by atoms with van der Waals surface area (Å²) in [4.78, 5) is 25.2. The number of carbonyl (C=O) groups is 2. The average Bonchev–Trinajstić information content (AvgIpc) is 2.69. The molecule has 2 aromatic carbocycles. The van der Waals surface area contributed by atoms with Crippen LogP contribution in [-0.4, -0.2) is 39.2 Å². The monoisotopic (exact) mass is 400 g/mol. The van der Waals surface area contributed by atoms with Crippen LogP contribution in [0, 0.1) is 20.8 Å². The summed E-state index contributed by atoms with van der Waals surface area (Å²) in [5, 5.41) is 0. The molecule has 0 N–H and O–H groups in total. The van der Waals surface area contributed by atoms with Gasteiger partial charge >= 0.3 is 5.97 Å². The second kappa shape index (κ2) is 9.45. The first-order chi connectivity index (χ1) is 13.7. The molecule has 0 fully saturated rings. The summed E-state index contributed by atoms with van der Waals surface area (Å²) < 4.78 is 21.3. The number of aryl methyl sites for hydroxylation is 3. The third-order valence-corrected chi connectivity index (χ3v) is 4.86. The van der Waals surface area contributed by atoms with Crippen molar-refractivity contribution >= 4 is 11.8 Å². The van der Waals surface area contributed by atoms with Crippen molar-refractivity contribution < 1.29 is 28.5 Å². The van der Waals surface area contributed by atoms with E-state index in [1.165, 1.54) is 21.3 Å². The van der Waals surface area contributed by atoms with Gasteiger partial charge in [0.1, 0.15) is 0 Å². The van der Waals surface area contributed by atoms with Crippen molar-refractivity contribution in [3.8, 4) is 17.2 Å². The van der Waals surface area contributed by atoms with Gasteiger partial charge in [-0.3, -0.25) is 9.59 Å². The maximum Gasteiger partial charge on any atom is 0.310 e. The molecule has 0 aliphatic heterocycles. The predicted molar refractivity (Wildman–Crippen MR) is 110 cm³/mol. The minimum atomic E-state index is -0.884. The van der Waals surface area contributed by atoms with E-state index in [2.05, 4.69) is 0 Å². The molecule has 1 atom stereocenters. The van der Waals surface area contributed by atoms with Crippen LogP contribution in [-0.2, 0) is 16.0 Å². The molecule has 2 aromatic rings. The lowest BCUT2D eigenvalue weighted by atomic mass is 9.96. The molecule has 0 saturated heterocycles. The quantitative estimate of drug-likeness (QED) is 0.493. The van der Waals surface area contributed by atoms with E-state index in [-0.39, 0.29) is 12.2 Å². The van der Waals surface area contributed by atoms with Gasteiger partial charge in [-0.15, -0.1) is 0 Å². The fourth-order valence-corrected chi connectivity index (χ4v) is 3.14. The number of Topliss-reactive ketones (excluding diaryl/α,β-unsaturated/α-hetero) is 1. The number of rotatable bonds is 8. The molecule has 0 heterocycles. The summed E-state index contributed by atoms with van der Waals surface area (Å²) in [6.07, 6.45) is -0.911. The van der Waals surface area contributed by atoms with E-state index in [0.717, 1.165) is 16.7 Å². The zero-order chi connectivity index (χ0) is 21.7. The molecule has 0 unspecified atom stereocenters. The Labute approximate surface area is 171 Å². The van der Waals surface area contributed by atoms with Gasteiger partial charge in [0.15, 0.2) is 17.6 Å². The number of carbonyl (C=O) groups excluding carboxylic acids is 2. The van der Waals surface area contributed by atoms with Gasteiger partial charge in [0.25, 0.3) is 0 Å². The van der Waals surface area contributed by atoms with E-state index in [1.54, 1.807) is 19.1 Å². The van der Waals surface area contributed by atoms with E-state index >= 15 is 0 Å². The van der Waals surface area contributed by atoms with Crippen molar-refractivity contribution in [2.24, 2.45) is 0 Å². The van der Waals surface area contributed by atoms with Crippen molar-refractivity contribution in [1.82, 2.24) is 0 Å². The van der Waals surface area contributed by atoms with Crippen molar-refractivity contribution in [3.05, 3.63) is 52.1 Å². The fourth-order valence-electron chi connectivity index (χ4n) is 3.14. The largest absolute Gasteiger partial charge is 0.493 e. The molecule has 2 rings (SSSR count). The standard InChI is InChI=1S/C23H28O6/c1-13-8-15(3)18(9-14(13)2)22(25)16(4)29-21(24)12-17-10-19(26-5)23(28-7)20(11-17)27-6/h8-11,16H,12H2,1-7H3/t16-/m0/s1. The Morgan fingerprint density at radius 2 is 1.38 bits per heavy atom. The van der Waals surface area contributed by atoms with Gasteiger partial charge in [-0.2, -0.15) is 0 Å². The lowest BCUT2D eigenvalue weighted by Gasteiger charge is -2.16. The molecule has 0 radical (unpaired) electrons. The second-order valence-corrected chi connectivity index (χ2v) is 6.96. The molecular formula is C23H28O6. The van der Waals surface area contributed by atoms with Crippen LogP contribution in [0.1, 0.15) is 39.5 Å². The molecule has 0 amide bonds. The highest BCUT2D eigenvalue weighted by Crippen LogP contribution is 2.38. The van der Waals surface area contributed by atoms with E-state index in [4.69, 9.17) is 18.9 Å². The number of ether oxygens (including phenoxy) is 4. The lowest BCUT2D eigenvalue weighted by molar-refractivity contribution is -0.145. The Kier molecular flexibility index (Phi) is 7.26. The van der Waals surface area contributed by atoms with Gasteiger partial charge < -0.3 is 18.9 Å². The molecule has 0 spiro atoms. The zero-order valence-corrected chi connectivity index (χ0v) is 18.0. The first kappa shape index (κ1) is 22.3. The van der Waals surface area contributed by atoms with Crippen LogP contribution in [0.4, 0.5) is 0 Å². The normalized spacial score (nSPS) is 11.6. The summed E-state index contributed by atoms with van der Waals surface area (Å²) in [7, 11) is 4.52. The summed E-state index contributed by atoms with van der Waals surface area (Å²) in [6.45, 7) is 7.41. The SMILES string of the molecule is COc1cc(CC(=O)O[C@@H](C)C(=O)c2cc(C)c(C)cc2C)cc(OC)c1OC. The molecule has 0 saturated carbocycles. The fraction of sp³-hybridized carbons (Fsp3) is 0.391. The van der Waals surface area contributed by atoms with Crippen LogP contribution in [0.2, 0.25) is 0 Å². The maximum absolute atomic E-state index is 12.8. The lowest BCUT2D eigenvalue weighted by Crippen LogP contribution is -2.26. The Hall–Kier alpha value is -3.02. The van der Waals surface area contributed by atoms with E-state index in [9.17, 15) is 9.59 Å². The molecule has 29 heavy (non-hydrogen) atoms. The van der Waals surface area contributed by atoms with Crippen molar-refractivity contribution in [3.63, 3.8) is 0 Å². The molecule has 0 aliphatic rings. The summed E-state index contributed by atoms with van der Waals surface area (Å²) in [5.41, 5.74) is 4.21. The maximum atomic E-state index is 12.8. The Bertz CT molecular complexity index is 891. The topological polar surface area (TPSA) is 71.1 Å². The van der Waals surface area contributed by atoms with E-state index < -0.39 is 12.1 Å². The number of esters is 1. The minimum absolute atomic E-state index is 0.0275. The highest BCUT2D eigenvalue weighted by molar-refractivity contribution is 6.01. The molecule has 0 aromatic heterocycles. The summed E-state index contributed by atoms with van der Waals surface area (Å²) >= 11 is 0. The van der Waals surface area contributed by atoms with Crippen molar-refractivity contribution in [2.45, 2.75) is 40.2 Å². The van der Waals surface area contributed by atoms with Crippen LogP contribution in [0.3, 0.4) is 0 Å². The predicted octanol–water partition coefficient (Wildman–Crippen LogP) is 3.99. The Balaban J connectivity index is 2.14. The van der Waals surface area contributed by atoms with Gasteiger partial charge in [-0.1, -0.05) is 6.07 Å². The minimum Gasteiger partial charge on any atom is -0.493 e. The van der Waals surface area contributed by atoms with Crippen LogP contribution >= 0.6 is 0 Å². The number of benzene rings is 2. The highest BCUT2D eigenvalue weighted by atomic mass is 16.5. The zero-order valence-electron chi connectivity index (χ0n) is 18.0. The molecule has 0 aliphatic carbocycles. The van der Waals surface area contributed by atoms with Crippen LogP contribution in [0.25, 0.3) is 0 Å². The smallest absolute Gasteiger partial charge is 0.310 e. The average molecular weight is 400 g/mol. The Morgan fingerprint density at radius 3 is 1.90 bits per heavy atom. The molecule has 156 valence electrons. The van der Waals surface area contributed by atoms with Gasteiger partial charge in [0.2, 0.25) is 11.5 Å². The highest BCUT2D eigenvalue weighted by Gasteiger charge is 2.22. The Morgan fingerprint density at radius 1 is 0.828 bits per heavy atom. The number of ketones is 1. The van der Waals surface area contributed by atoms with Crippen LogP contribution in [0.15, 0.2) is 24.3 Å². The molecule has 0 bridgehead atoms. The summed E-state index contributed by atoms with van der Waals surface area (Å²) in [6, 6.07) is 7.18. The van der Waals surface area contributed by atoms with Crippen molar-refractivity contribution in [1.29, 1.82) is 0 Å². The van der Waals surface area contributed by atoms with Crippen LogP contribution in [0.5, 0.6) is 17.2 Å². The van der Waals surface area contributed by atoms with Gasteiger partial charge in [0.05, 0.1) is 27.8 Å². The molecule has 6 nitrogen and oxygen atoms in total. The second-order valence-electron chi connectivity index (χ2n) is 6.96.